The largest absolute Gasteiger partial charge is 0.353 e. The Hall–Kier alpha value is -3.51. The summed E-state index contributed by atoms with van der Waals surface area (Å²) in [6, 6.07) is 10.7. The Morgan fingerprint density at radius 1 is 0.970 bits per heavy atom. The summed E-state index contributed by atoms with van der Waals surface area (Å²) in [5.74, 6) is 0. The lowest BCUT2D eigenvalue weighted by atomic mass is 10.0. The first kappa shape index (κ1) is 21.3. The topological polar surface area (TPSA) is 69.7 Å². The van der Waals surface area contributed by atoms with Crippen LogP contribution >= 0.6 is 0 Å². The fourth-order valence-electron chi connectivity index (χ4n) is 4.56. The molecule has 0 amide bonds. The van der Waals surface area contributed by atoms with Gasteiger partial charge in [-0.25, -0.2) is 0 Å². The Balaban J connectivity index is 1.40. The highest BCUT2D eigenvalue weighted by Crippen LogP contribution is 2.29. The summed E-state index contributed by atoms with van der Waals surface area (Å²) in [5.41, 5.74) is 8.03. The van der Waals surface area contributed by atoms with Gasteiger partial charge in [-0.3, -0.25) is 20.0 Å². The molecule has 0 aliphatic carbocycles. The number of H-pyrrole nitrogens is 1. The monoisotopic (exact) mass is 438 g/mol. The summed E-state index contributed by atoms with van der Waals surface area (Å²) in [6.07, 6.45) is 12.9. The summed E-state index contributed by atoms with van der Waals surface area (Å²) < 4.78 is 0. The van der Waals surface area contributed by atoms with Crippen molar-refractivity contribution in [1.82, 2.24) is 25.1 Å². The number of nitrogens with one attached hydrogen (secondary N) is 2. The van der Waals surface area contributed by atoms with Crippen LogP contribution in [0.1, 0.15) is 42.5 Å². The molecule has 4 heterocycles. The number of rotatable bonds is 6. The van der Waals surface area contributed by atoms with Gasteiger partial charge in [0.25, 0.3) is 0 Å². The van der Waals surface area contributed by atoms with Crippen LogP contribution in [0.15, 0.2) is 61.7 Å². The summed E-state index contributed by atoms with van der Waals surface area (Å²) in [5, 5.41) is 12.0. The van der Waals surface area contributed by atoms with Crippen LogP contribution in [0.3, 0.4) is 0 Å². The molecule has 0 unspecified atom stereocenters. The molecule has 1 aliphatic rings. The minimum atomic E-state index is 0.735. The lowest BCUT2D eigenvalue weighted by Gasteiger charge is -2.19. The Labute approximate surface area is 194 Å². The molecular formula is C27H30N6. The molecule has 5 rings (SSSR count). The van der Waals surface area contributed by atoms with Gasteiger partial charge in [-0.15, -0.1) is 0 Å². The van der Waals surface area contributed by atoms with Crippen LogP contribution in [-0.4, -0.2) is 38.2 Å². The van der Waals surface area contributed by atoms with Crippen molar-refractivity contribution < 1.29 is 0 Å². The van der Waals surface area contributed by atoms with Crippen molar-refractivity contribution in [2.45, 2.75) is 39.2 Å². The number of benzene rings is 1. The van der Waals surface area contributed by atoms with Gasteiger partial charge in [0.05, 0.1) is 23.1 Å². The second-order valence-electron chi connectivity index (χ2n) is 8.96. The summed E-state index contributed by atoms with van der Waals surface area (Å²) in [7, 11) is 0. The molecule has 1 fully saturated rings. The normalized spacial score (nSPS) is 14.8. The second kappa shape index (κ2) is 9.55. The SMILES string of the molecule is C=C(Nc1cncc(C)c1)c1n[nH]c2ccc(-c3cncc(CN4CCCCCC4)c3)cc12. The average Bonchev–Trinajstić information content (AvgIpc) is 3.08. The number of aromatic nitrogens is 4. The Bertz CT molecular complexity index is 1270. The van der Waals surface area contributed by atoms with Crippen molar-refractivity contribution in [3.8, 4) is 11.1 Å². The quantitative estimate of drug-likeness (QED) is 0.399. The highest BCUT2D eigenvalue weighted by Gasteiger charge is 2.13. The minimum Gasteiger partial charge on any atom is -0.353 e. The standard InChI is InChI=1S/C27H30N6/c1-19-11-24(17-28-14-19)30-20(2)27-25-13-22(7-8-26(25)31-32-27)23-12-21(15-29-16-23)18-33-9-5-3-4-6-10-33/h7-8,11-17,30H,2-6,9-10,18H2,1H3,(H,31,32). The predicted molar refractivity (Wildman–Crippen MR) is 135 cm³/mol. The van der Waals surface area contributed by atoms with Gasteiger partial charge in [-0.05, 0) is 73.8 Å². The number of fused-ring (bicyclic) bond motifs is 1. The summed E-state index contributed by atoms with van der Waals surface area (Å²) in [4.78, 5) is 11.4. The fourth-order valence-corrected chi connectivity index (χ4v) is 4.56. The van der Waals surface area contributed by atoms with Crippen LogP contribution in [0.4, 0.5) is 5.69 Å². The molecular weight excluding hydrogens is 408 g/mol. The van der Waals surface area contributed by atoms with Crippen molar-refractivity contribution in [2.24, 2.45) is 0 Å². The lowest BCUT2D eigenvalue weighted by molar-refractivity contribution is 0.277. The number of pyridine rings is 2. The smallest absolute Gasteiger partial charge is 0.116 e. The number of aryl methyl sites for hydroxylation is 1. The third-order valence-electron chi connectivity index (χ3n) is 6.25. The first-order valence-corrected chi connectivity index (χ1v) is 11.7. The molecule has 168 valence electrons. The van der Waals surface area contributed by atoms with E-state index in [-0.39, 0.29) is 0 Å². The molecule has 0 spiro atoms. The molecule has 33 heavy (non-hydrogen) atoms. The van der Waals surface area contributed by atoms with Crippen molar-refractivity contribution in [2.75, 3.05) is 18.4 Å². The Kier molecular flexibility index (Phi) is 6.17. The molecule has 2 N–H and O–H groups in total. The van der Waals surface area contributed by atoms with Gasteiger partial charge in [0.1, 0.15) is 5.69 Å². The van der Waals surface area contributed by atoms with Crippen LogP contribution < -0.4 is 5.32 Å². The van der Waals surface area contributed by atoms with Gasteiger partial charge in [0, 0.05) is 36.1 Å². The van der Waals surface area contributed by atoms with Crippen LogP contribution in [0.25, 0.3) is 27.7 Å². The van der Waals surface area contributed by atoms with Gasteiger partial charge < -0.3 is 5.32 Å². The zero-order valence-corrected chi connectivity index (χ0v) is 19.1. The van der Waals surface area contributed by atoms with Crippen molar-refractivity contribution in [1.29, 1.82) is 0 Å². The van der Waals surface area contributed by atoms with Crippen LogP contribution in [0, 0.1) is 6.92 Å². The molecule has 1 aliphatic heterocycles. The Morgan fingerprint density at radius 2 is 1.79 bits per heavy atom. The molecule has 0 radical (unpaired) electrons. The maximum absolute atomic E-state index is 4.55. The van der Waals surface area contributed by atoms with Gasteiger partial charge >= 0.3 is 0 Å². The van der Waals surface area contributed by atoms with Crippen molar-refractivity contribution in [3.63, 3.8) is 0 Å². The van der Waals surface area contributed by atoms with E-state index in [0.29, 0.717) is 0 Å². The first-order chi connectivity index (χ1) is 16.2. The molecule has 0 atom stereocenters. The molecule has 0 bridgehead atoms. The van der Waals surface area contributed by atoms with Gasteiger partial charge in [0.2, 0.25) is 0 Å². The number of anilines is 1. The van der Waals surface area contributed by atoms with E-state index in [2.05, 4.69) is 61.2 Å². The van der Waals surface area contributed by atoms with Gasteiger partial charge in [-0.1, -0.05) is 25.5 Å². The number of likely N-dealkylation sites (tertiary alicyclic amines) is 1. The van der Waals surface area contributed by atoms with E-state index in [4.69, 9.17) is 0 Å². The molecule has 3 aromatic heterocycles. The molecule has 0 saturated carbocycles. The lowest BCUT2D eigenvalue weighted by Crippen LogP contribution is -2.24. The number of aromatic amines is 1. The summed E-state index contributed by atoms with van der Waals surface area (Å²) >= 11 is 0. The van der Waals surface area contributed by atoms with E-state index in [1.807, 2.05) is 31.6 Å². The maximum atomic E-state index is 4.55. The predicted octanol–water partition coefficient (Wildman–Crippen LogP) is 5.79. The van der Waals surface area contributed by atoms with E-state index in [1.165, 1.54) is 44.3 Å². The highest BCUT2D eigenvalue weighted by molar-refractivity contribution is 5.95. The van der Waals surface area contributed by atoms with Crippen molar-refractivity contribution >= 4 is 22.3 Å². The molecule has 1 saturated heterocycles. The Morgan fingerprint density at radius 3 is 2.61 bits per heavy atom. The van der Waals surface area contributed by atoms with Gasteiger partial charge in [0.15, 0.2) is 0 Å². The van der Waals surface area contributed by atoms with Crippen LogP contribution in [0.5, 0.6) is 0 Å². The fraction of sp³-hybridized carbons (Fsp3) is 0.296. The molecule has 6 heteroatoms. The summed E-state index contributed by atoms with van der Waals surface area (Å²) in [6.45, 7) is 9.57. The van der Waals surface area contributed by atoms with E-state index >= 15 is 0 Å². The zero-order chi connectivity index (χ0) is 22.6. The highest BCUT2D eigenvalue weighted by atomic mass is 15.1. The number of hydrogen-bond acceptors (Lipinski definition) is 5. The molecule has 1 aromatic carbocycles. The third-order valence-corrected chi connectivity index (χ3v) is 6.25. The van der Waals surface area contributed by atoms with Crippen LogP contribution in [-0.2, 0) is 6.54 Å². The third kappa shape index (κ3) is 4.96. The van der Waals surface area contributed by atoms with E-state index in [1.54, 1.807) is 6.20 Å². The second-order valence-corrected chi connectivity index (χ2v) is 8.96. The van der Waals surface area contributed by atoms with E-state index in [0.717, 1.165) is 51.2 Å². The number of hydrogen-bond donors (Lipinski definition) is 2. The molecule has 4 aromatic rings. The van der Waals surface area contributed by atoms with Crippen molar-refractivity contribution in [3.05, 3.63) is 78.5 Å². The maximum Gasteiger partial charge on any atom is 0.116 e. The van der Waals surface area contributed by atoms with E-state index < -0.39 is 0 Å². The average molecular weight is 439 g/mol. The zero-order valence-electron chi connectivity index (χ0n) is 19.1. The number of nitrogens with zero attached hydrogens (tertiary/aromatic N) is 4. The van der Waals surface area contributed by atoms with E-state index in [9.17, 15) is 0 Å². The first-order valence-electron chi connectivity index (χ1n) is 11.7. The van der Waals surface area contributed by atoms with Crippen LogP contribution in [0.2, 0.25) is 0 Å². The minimum absolute atomic E-state index is 0.735. The van der Waals surface area contributed by atoms with Gasteiger partial charge in [-0.2, -0.15) is 5.10 Å². The molecule has 6 nitrogen and oxygen atoms in total.